The molecule has 6 heteroatoms. The van der Waals surface area contributed by atoms with Crippen LogP contribution in [0.5, 0.6) is 11.5 Å². The number of benzene rings is 1. The predicted molar refractivity (Wildman–Crippen MR) is 98.6 cm³/mol. The summed E-state index contributed by atoms with van der Waals surface area (Å²) in [5.41, 5.74) is 0.578. The molecule has 6 nitrogen and oxygen atoms in total. The molecule has 2 amide bonds. The van der Waals surface area contributed by atoms with Gasteiger partial charge in [-0.2, -0.15) is 0 Å². The van der Waals surface area contributed by atoms with Crippen molar-refractivity contribution in [3.63, 3.8) is 0 Å². The Balaban J connectivity index is 1.59. The van der Waals surface area contributed by atoms with Crippen molar-refractivity contribution < 1.29 is 19.1 Å². The minimum atomic E-state index is -0.0317. The Bertz CT molecular complexity index is 647. The highest BCUT2D eigenvalue weighted by Gasteiger charge is 2.30. The van der Waals surface area contributed by atoms with Crippen molar-refractivity contribution in [3.8, 4) is 11.5 Å². The number of ether oxygens (including phenoxy) is 2. The normalized spacial score (nSPS) is 18.5. The van der Waals surface area contributed by atoms with Crippen molar-refractivity contribution >= 4 is 11.8 Å². The summed E-state index contributed by atoms with van der Waals surface area (Å²) in [5, 5.41) is 0. The second-order valence-electron chi connectivity index (χ2n) is 7.02. The van der Waals surface area contributed by atoms with E-state index < -0.39 is 0 Å². The third kappa shape index (κ3) is 3.94. The van der Waals surface area contributed by atoms with Crippen LogP contribution in [0.2, 0.25) is 0 Å². The number of nitrogens with zero attached hydrogens (tertiary/aromatic N) is 2. The second-order valence-corrected chi connectivity index (χ2v) is 7.02. The van der Waals surface area contributed by atoms with Crippen molar-refractivity contribution in [3.05, 3.63) is 23.8 Å². The summed E-state index contributed by atoms with van der Waals surface area (Å²) in [5.74, 6) is 1.59. The van der Waals surface area contributed by atoms with Crippen LogP contribution in [0.1, 0.15) is 42.5 Å². The standard InChI is InChI=1S/C20H28N2O4/c1-25-17-9-8-16(14-18(17)26-2)20(24)22-12-10-21(11-13-22)19(23)15-6-4-3-5-7-15/h8-9,14-15H,3-7,10-13H2,1-2H3. The van der Waals surface area contributed by atoms with Gasteiger partial charge in [-0.15, -0.1) is 0 Å². The molecule has 142 valence electrons. The van der Waals surface area contributed by atoms with Crippen molar-refractivity contribution in [2.75, 3.05) is 40.4 Å². The van der Waals surface area contributed by atoms with E-state index in [4.69, 9.17) is 9.47 Å². The first-order valence-corrected chi connectivity index (χ1v) is 9.44. The van der Waals surface area contributed by atoms with Crippen molar-refractivity contribution in [1.29, 1.82) is 0 Å². The monoisotopic (exact) mass is 360 g/mol. The van der Waals surface area contributed by atoms with Gasteiger partial charge >= 0.3 is 0 Å². The van der Waals surface area contributed by atoms with Crippen LogP contribution in [0.4, 0.5) is 0 Å². The Kier molecular flexibility index (Phi) is 6.01. The van der Waals surface area contributed by atoms with Crippen LogP contribution in [0, 0.1) is 5.92 Å². The van der Waals surface area contributed by atoms with E-state index in [0.29, 0.717) is 43.2 Å². The van der Waals surface area contributed by atoms with Gasteiger partial charge in [-0.3, -0.25) is 9.59 Å². The lowest BCUT2D eigenvalue weighted by Gasteiger charge is -2.37. The van der Waals surface area contributed by atoms with Crippen molar-refractivity contribution in [1.82, 2.24) is 9.80 Å². The summed E-state index contributed by atoms with van der Waals surface area (Å²) in [6.45, 7) is 2.39. The Labute approximate surface area is 155 Å². The van der Waals surface area contributed by atoms with Gasteiger partial charge in [-0.05, 0) is 31.0 Å². The summed E-state index contributed by atoms with van der Waals surface area (Å²) in [6, 6.07) is 5.21. The fraction of sp³-hybridized carbons (Fsp3) is 0.600. The number of hydrogen-bond acceptors (Lipinski definition) is 4. The van der Waals surface area contributed by atoms with E-state index in [9.17, 15) is 9.59 Å². The fourth-order valence-corrected chi connectivity index (χ4v) is 3.89. The fourth-order valence-electron chi connectivity index (χ4n) is 3.89. The molecular formula is C20H28N2O4. The van der Waals surface area contributed by atoms with E-state index in [-0.39, 0.29) is 17.7 Å². The average Bonchev–Trinajstić information content (AvgIpc) is 2.73. The topological polar surface area (TPSA) is 59.1 Å². The highest BCUT2D eigenvalue weighted by Crippen LogP contribution is 2.29. The maximum atomic E-state index is 12.8. The predicted octanol–water partition coefficient (Wildman–Crippen LogP) is 2.57. The van der Waals surface area contributed by atoms with Crippen LogP contribution < -0.4 is 9.47 Å². The zero-order chi connectivity index (χ0) is 18.5. The van der Waals surface area contributed by atoms with Crippen molar-refractivity contribution in [2.45, 2.75) is 32.1 Å². The molecule has 1 aliphatic carbocycles. The first kappa shape index (κ1) is 18.5. The lowest BCUT2D eigenvalue weighted by molar-refractivity contribution is -0.138. The molecule has 0 atom stereocenters. The first-order chi connectivity index (χ1) is 12.6. The molecule has 1 aliphatic heterocycles. The molecule has 3 rings (SSSR count). The molecule has 0 aromatic heterocycles. The number of hydrogen-bond donors (Lipinski definition) is 0. The Morgan fingerprint density at radius 3 is 2.12 bits per heavy atom. The van der Waals surface area contributed by atoms with Gasteiger partial charge in [-0.1, -0.05) is 19.3 Å². The van der Waals surface area contributed by atoms with Gasteiger partial charge in [-0.25, -0.2) is 0 Å². The zero-order valence-electron chi connectivity index (χ0n) is 15.7. The van der Waals surface area contributed by atoms with Crippen LogP contribution in [0.3, 0.4) is 0 Å². The summed E-state index contributed by atoms with van der Waals surface area (Å²) < 4.78 is 10.5. The van der Waals surface area contributed by atoms with E-state index in [1.165, 1.54) is 6.42 Å². The van der Waals surface area contributed by atoms with Gasteiger partial charge in [0.1, 0.15) is 0 Å². The van der Waals surface area contributed by atoms with Crippen LogP contribution in [-0.2, 0) is 4.79 Å². The minimum absolute atomic E-state index is 0.0317. The van der Waals surface area contributed by atoms with Gasteiger partial charge in [0.15, 0.2) is 11.5 Å². The minimum Gasteiger partial charge on any atom is -0.493 e. The lowest BCUT2D eigenvalue weighted by atomic mass is 9.88. The third-order valence-electron chi connectivity index (χ3n) is 5.46. The van der Waals surface area contributed by atoms with Gasteiger partial charge < -0.3 is 19.3 Å². The van der Waals surface area contributed by atoms with Gasteiger partial charge in [0.2, 0.25) is 5.91 Å². The SMILES string of the molecule is COc1ccc(C(=O)N2CCN(C(=O)C3CCCCC3)CC2)cc1OC. The summed E-state index contributed by atoms with van der Waals surface area (Å²) >= 11 is 0. The quantitative estimate of drug-likeness (QED) is 0.828. The van der Waals surface area contributed by atoms with E-state index in [1.807, 2.05) is 9.80 Å². The second kappa shape index (κ2) is 8.43. The highest BCUT2D eigenvalue weighted by atomic mass is 16.5. The number of carbonyl (C=O) groups is 2. The number of piperazine rings is 1. The molecule has 2 fully saturated rings. The van der Waals surface area contributed by atoms with E-state index in [2.05, 4.69) is 0 Å². The van der Waals surface area contributed by atoms with Gasteiger partial charge in [0, 0.05) is 37.7 Å². The maximum absolute atomic E-state index is 12.8. The molecule has 0 N–H and O–H groups in total. The first-order valence-electron chi connectivity index (χ1n) is 9.44. The maximum Gasteiger partial charge on any atom is 0.254 e. The Morgan fingerprint density at radius 1 is 0.885 bits per heavy atom. The van der Waals surface area contributed by atoms with Crippen LogP contribution in [0.25, 0.3) is 0 Å². The summed E-state index contributed by atoms with van der Waals surface area (Å²) in [6.07, 6.45) is 5.60. The largest absolute Gasteiger partial charge is 0.493 e. The molecule has 1 saturated heterocycles. The molecule has 2 aliphatic rings. The molecular weight excluding hydrogens is 332 g/mol. The molecule has 1 saturated carbocycles. The molecule has 0 spiro atoms. The van der Waals surface area contributed by atoms with Crippen molar-refractivity contribution in [2.24, 2.45) is 5.92 Å². The molecule has 26 heavy (non-hydrogen) atoms. The van der Waals surface area contributed by atoms with Crippen LogP contribution >= 0.6 is 0 Å². The molecule has 1 aromatic rings. The average molecular weight is 360 g/mol. The van der Waals surface area contributed by atoms with Gasteiger partial charge in [0.05, 0.1) is 14.2 Å². The molecule has 0 unspecified atom stereocenters. The van der Waals surface area contributed by atoms with E-state index in [1.54, 1.807) is 32.4 Å². The number of amides is 2. The molecule has 1 aromatic carbocycles. The Morgan fingerprint density at radius 2 is 1.50 bits per heavy atom. The third-order valence-corrected chi connectivity index (χ3v) is 5.46. The highest BCUT2D eigenvalue weighted by molar-refractivity contribution is 5.95. The number of rotatable bonds is 4. The van der Waals surface area contributed by atoms with E-state index >= 15 is 0 Å². The number of methoxy groups -OCH3 is 2. The van der Waals surface area contributed by atoms with Crippen LogP contribution in [0.15, 0.2) is 18.2 Å². The van der Waals surface area contributed by atoms with E-state index in [0.717, 1.165) is 25.7 Å². The van der Waals surface area contributed by atoms with Crippen LogP contribution in [-0.4, -0.2) is 62.0 Å². The molecule has 0 radical (unpaired) electrons. The number of carbonyl (C=O) groups excluding carboxylic acids is 2. The summed E-state index contributed by atoms with van der Waals surface area (Å²) in [4.78, 5) is 29.2. The summed E-state index contributed by atoms with van der Waals surface area (Å²) in [7, 11) is 3.13. The van der Waals surface area contributed by atoms with Gasteiger partial charge in [0.25, 0.3) is 5.91 Å². The molecule has 0 bridgehead atoms. The zero-order valence-corrected chi connectivity index (χ0v) is 15.7. The Hall–Kier alpha value is -2.24. The molecule has 1 heterocycles. The smallest absolute Gasteiger partial charge is 0.254 e. The lowest BCUT2D eigenvalue weighted by Crippen LogP contribution is -2.52.